The Labute approximate surface area is 177 Å². The van der Waals surface area contributed by atoms with Crippen LogP contribution in [0.15, 0.2) is 36.4 Å². The van der Waals surface area contributed by atoms with Crippen LogP contribution in [0.5, 0.6) is 0 Å². The molecule has 0 aromatic heterocycles. The topological polar surface area (TPSA) is 92.8 Å². The summed E-state index contributed by atoms with van der Waals surface area (Å²) < 4.78 is 17.0. The molecule has 1 aliphatic heterocycles. The number of nitrogens with zero attached hydrogens (tertiary/aromatic N) is 1. The second-order valence-corrected chi connectivity index (χ2v) is 9.82. The third-order valence-corrected chi connectivity index (χ3v) is 5.54. The maximum absolute atomic E-state index is 12.4. The fraction of sp³-hybridized carbons (Fsp3) is 0.450. The highest BCUT2D eigenvalue weighted by Crippen LogP contribution is 2.33. The van der Waals surface area contributed by atoms with Gasteiger partial charge in [-0.1, -0.05) is 24.8 Å². The van der Waals surface area contributed by atoms with Crippen LogP contribution in [0.25, 0.3) is 11.1 Å². The van der Waals surface area contributed by atoms with Crippen molar-refractivity contribution in [1.29, 1.82) is 0 Å². The molecule has 1 saturated heterocycles. The van der Waals surface area contributed by atoms with Gasteiger partial charge in [-0.3, -0.25) is 9.59 Å². The van der Waals surface area contributed by atoms with Crippen molar-refractivity contribution in [2.45, 2.75) is 57.7 Å². The van der Waals surface area contributed by atoms with Gasteiger partial charge in [0.25, 0.3) is 0 Å². The van der Waals surface area contributed by atoms with Gasteiger partial charge in [0.1, 0.15) is 21.7 Å². The third-order valence-electron chi connectivity index (χ3n) is 4.12. The molecule has 4 atom stereocenters. The lowest BCUT2D eigenvalue weighted by atomic mass is 9.99. The van der Waals surface area contributed by atoms with E-state index in [0.29, 0.717) is 5.57 Å². The summed E-state index contributed by atoms with van der Waals surface area (Å²) in [5.41, 5.74) is 2.44. The molecule has 2 amide bonds. The zero-order valence-electron chi connectivity index (χ0n) is 17.0. The van der Waals surface area contributed by atoms with Crippen molar-refractivity contribution in [2.24, 2.45) is 0 Å². The molecule has 0 radical (unpaired) electrons. The molecule has 0 bridgehead atoms. The first-order chi connectivity index (χ1) is 13.3. The van der Waals surface area contributed by atoms with Crippen LogP contribution in [0.4, 0.5) is 0 Å². The summed E-state index contributed by atoms with van der Waals surface area (Å²) in [5.74, 6) is -1.70. The van der Waals surface area contributed by atoms with Gasteiger partial charge in [0.15, 0.2) is 11.4 Å². The summed E-state index contributed by atoms with van der Waals surface area (Å²) in [6.45, 7) is 11.6. The fourth-order valence-corrected chi connectivity index (χ4v) is 4.26. The lowest BCUT2D eigenvalue weighted by Crippen LogP contribution is -2.74. The van der Waals surface area contributed by atoms with Gasteiger partial charge in [-0.2, -0.15) is 0 Å². The number of rotatable bonds is 5. The first-order valence-electron chi connectivity index (χ1n) is 8.98. The summed E-state index contributed by atoms with van der Waals surface area (Å²) in [6.07, 6.45) is 0. The molecular weight excluding hydrogens is 416 g/mol. The van der Waals surface area contributed by atoms with E-state index in [9.17, 15) is 18.6 Å². The Bertz CT molecular complexity index is 863. The smallest absolute Gasteiger partial charge is 0.333 e. The van der Waals surface area contributed by atoms with E-state index in [-0.39, 0.29) is 0 Å². The normalized spacial score (nSPS) is 21.0. The summed E-state index contributed by atoms with van der Waals surface area (Å²) >= 11 is 0. The molecule has 158 valence electrons. The predicted molar refractivity (Wildman–Crippen MR) is 112 cm³/mol. The van der Waals surface area contributed by atoms with E-state index in [1.54, 1.807) is 27.7 Å². The van der Waals surface area contributed by atoms with E-state index < -0.39 is 50.9 Å². The summed E-state index contributed by atoms with van der Waals surface area (Å²) in [4.78, 5) is 36.9. The van der Waals surface area contributed by atoms with Crippen molar-refractivity contribution in [3.8, 4) is 11.1 Å². The van der Waals surface area contributed by atoms with Crippen LogP contribution in [0.1, 0.15) is 34.6 Å². The highest BCUT2D eigenvalue weighted by Gasteiger charge is 2.56. The number of fused-ring (bicyclic) bond motifs is 1. The zero-order chi connectivity index (χ0) is 22.1. The van der Waals surface area contributed by atoms with Crippen molar-refractivity contribution in [2.75, 3.05) is 0 Å². The number of halogens is 1. The van der Waals surface area contributed by atoms with Crippen LogP contribution in [-0.2, 0) is 29.1 Å². The number of nitrogens with one attached hydrogen (secondary N) is 1. The van der Waals surface area contributed by atoms with Gasteiger partial charge in [-0.05, 0) is 61.1 Å². The van der Waals surface area contributed by atoms with Crippen LogP contribution in [0, 0.1) is 0 Å². The zero-order valence-corrected chi connectivity index (χ0v) is 18.6. The maximum Gasteiger partial charge on any atom is 0.333 e. The molecule has 29 heavy (non-hydrogen) atoms. The van der Waals surface area contributed by atoms with E-state index in [1.807, 2.05) is 0 Å². The van der Waals surface area contributed by atoms with Crippen molar-refractivity contribution < 1.29 is 23.3 Å². The minimum absolute atomic E-state index is 0.348. The Morgan fingerprint density at radius 2 is 1.83 bits per heavy atom. The Balaban J connectivity index is 0.000000414. The van der Waals surface area contributed by atoms with Crippen LogP contribution in [-0.4, -0.2) is 50.0 Å². The molecule has 1 fully saturated rings. The van der Waals surface area contributed by atoms with E-state index in [0.717, 1.165) is 4.90 Å². The molecule has 9 heteroatoms. The highest BCUT2D eigenvalue weighted by atomic mass is 35.7. The van der Waals surface area contributed by atoms with Gasteiger partial charge < -0.3 is 15.0 Å². The Kier molecular flexibility index (Phi) is 6.90. The monoisotopic (exact) mass is 440 g/mol. The number of likely N-dealkylation sites (tertiary alicyclic amines) is 1. The summed E-state index contributed by atoms with van der Waals surface area (Å²) in [6, 6.07) is 6.34. The van der Waals surface area contributed by atoms with Crippen LogP contribution < -0.4 is 5.32 Å². The molecule has 0 aromatic rings. The maximum atomic E-state index is 12.4. The van der Waals surface area contributed by atoms with Crippen LogP contribution in [0.2, 0.25) is 0 Å². The Morgan fingerprint density at radius 1 is 1.28 bits per heavy atom. The lowest BCUT2D eigenvalue weighted by Gasteiger charge is -2.48. The Hall–Kier alpha value is -2.19. The fourth-order valence-electron chi connectivity index (χ4n) is 2.89. The van der Waals surface area contributed by atoms with Gasteiger partial charge in [0, 0.05) is 6.92 Å². The van der Waals surface area contributed by atoms with E-state index in [2.05, 4.69) is 36.2 Å². The molecule has 3 aliphatic rings. The average Bonchev–Trinajstić information content (AvgIpc) is 3.16. The molecule has 7 nitrogen and oxygen atoms in total. The molecule has 0 spiro atoms. The minimum atomic E-state index is -1.98. The van der Waals surface area contributed by atoms with Crippen molar-refractivity contribution in [1.82, 2.24) is 10.2 Å². The van der Waals surface area contributed by atoms with E-state index in [1.165, 1.54) is 18.1 Å². The van der Waals surface area contributed by atoms with Crippen molar-refractivity contribution in [3.63, 3.8) is 0 Å². The molecule has 0 aromatic carbocycles. The van der Waals surface area contributed by atoms with Gasteiger partial charge >= 0.3 is 5.97 Å². The van der Waals surface area contributed by atoms with Crippen LogP contribution >= 0.6 is 10.7 Å². The second kappa shape index (κ2) is 8.67. The average molecular weight is 441 g/mol. The Morgan fingerprint density at radius 3 is 2.14 bits per heavy atom. The molecule has 0 saturated carbocycles. The van der Waals surface area contributed by atoms with Gasteiger partial charge in [-0.25, -0.2) is 9.00 Å². The van der Waals surface area contributed by atoms with Gasteiger partial charge in [0.05, 0.1) is 0 Å². The minimum Gasteiger partial charge on any atom is -0.458 e. The molecular formula is C20H25ClN2O5S. The van der Waals surface area contributed by atoms with Crippen LogP contribution in [0.3, 0.4) is 0 Å². The lowest BCUT2D eigenvalue weighted by molar-refractivity contribution is -0.169. The first-order valence-corrected chi connectivity index (χ1v) is 11.0. The van der Waals surface area contributed by atoms with E-state index in [4.69, 9.17) is 15.4 Å². The van der Waals surface area contributed by atoms with Gasteiger partial charge in [0.2, 0.25) is 11.8 Å². The SMILES string of the molecule is C=C(C)C(C(=O)OC(C)(C)C)N1C(=O)C(NC(C)=O)C1S(=O)Cl.c1cc2cc-2c1. The number of hydrogen-bond donors (Lipinski definition) is 1. The number of esters is 1. The molecule has 1 N–H and O–H groups in total. The first kappa shape index (κ1) is 23.1. The summed E-state index contributed by atoms with van der Waals surface area (Å²) in [5, 5.41) is 1.36. The molecule has 4 unspecified atom stereocenters. The highest BCUT2D eigenvalue weighted by molar-refractivity contribution is 8.08. The number of carbonyl (C=O) groups excluding carboxylic acids is 3. The quantitative estimate of drug-likeness (QED) is 0.334. The molecule has 1 heterocycles. The standard InChI is InChI=1S/C14H21ClN2O5S.C6H4/c1-7(2)10(13(20)22-14(4,5)6)17-11(19)9(16-8(3)18)12(17)23(15)21;1-2-5-4-6(5)3-1/h9-10,12H,1H2,2-6H3,(H,16,18);1-4H. The number of amides is 2. The van der Waals surface area contributed by atoms with E-state index >= 15 is 0 Å². The number of hydrogen-bond acceptors (Lipinski definition) is 5. The number of ether oxygens (including phenoxy) is 1. The predicted octanol–water partition coefficient (Wildman–Crippen LogP) is 2.52. The molecule has 3 rings (SSSR count). The number of carbonyl (C=O) groups is 3. The number of β-lactam (4-membered cyclic amide) rings is 1. The second-order valence-electron chi connectivity index (χ2n) is 7.93. The number of benzene rings is 1. The summed E-state index contributed by atoms with van der Waals surface area (Å²) in [7, 11) is 3.67. The largest absolute Gasteiger partial charge is 0.458 e. The molecule has 2 aliphatic carbocycles. The van der Waals surface area contributed by atoms with Crippen molar-refractivity contribution >= 4 is 38.5 Å². The third kappa shape index (κ3) is 5.67. The van der Waals surface area contributed by atoms with Crippen molar-refractivity contribution in [3.05, 3.63) is 36.4 Å². The van der Waals surface area contributed by atoms with Gasteiger partial charge in [-0.15, -0.1) is 0 Å².